The third-order valence-electron chi connectivity index (χ3n) is 2.25. The van der Waals surface area contributed by atoms with Crippen molar-refractivity contribution in [1.82, 2.24) is 0 Å². The molecule has 15 heavy (non-hydrogen) atoms. The quantitative estimate of drug-likeness (QED) is 0.361. The second-order valence-corrected chi connectivity index (χ2v) is 5.15. The van der Waals surface area contributed by atoms with Gasteiger partial charge in [0, 0.05) is 5.41 Å². The fourth-order valence-electron chi connectivity index (χ4n) is 1.06. The molecular formula is C7H17NO6S. The molecule has 7 nitrogen and oxygen atoms in total. The first-order valence-corrected chi connectivity index (χ1v) is 5.96. The van der Waals surface area contributed by atoms with Gasteiger partial charge in [-0.2, -0.15) is 18.6 Å². The minimum Gasteiger partial charge on any atom is -0.396 e. The molecule has 92 valence electrons. The van der Waals surface area contributed by atoms with E-state index >= 15 is 0 Å². The zero-order valence-corrected chi connectivity index (χ0v) is 9.11. The van der Waals surface area contributed by atoms with Crippen LogP contribution < -0.4 is 5.90 Å². The maximum Gasteiger partial charge on any atom is 0.283 e. The molecule has 0 atom stereocenters. The Kier molecular flexibility index (Phi) is 6.25. The molecule has 0 radical (unpaired) electrons. The van der Waals surface area contributed by atoms with Gasteiger partial charge in [0.1, 0.15) is 0 Å². The third-order valence-corrected chi connectivity index (χ3v) is 3.34. The van der Waals surface area contributed by atoms with Gasteiger partial charge in [0.2, 0.25) is 0 Å². The van der Waals surface area contributed by atoms with E-state index in [-0.39, 0.29) is 18.6 Å². The Labute approximate surface area is 88.6 Å². The van der Waals surface area contributed by atoms with Crippen molar-refractivity contribution < 1.29 is 28.0 Å². The molecule has 5 N–H and O–H groups in total. The average molecular weight is 243 g/mol. The van der Waals surface area contributed by atoms with Crippen LogP contribution in [0.3, 0.4) is 0 Å². The van der Waals surface area contributed by atoms with E-state index in [1.807, 2.05) is 0 Å². The highest BCUT2D eigenvalue weighted by atomic mass is 32.2. The normalized spacial score (nSPS) is 13.1. The summed E-state index contributed by atoms with van der Waals surface area (Å²) in [5.41, 5.74) is -1.05. The van der Waals surface area contributed by atoms with Gasteiger partial charge in [-0.15, -0.1) is 0 Å². The Morgan fingerprint density at radius 1 is 1.13 bits per heavy atom. The monoisotopic (exact) mass is 243 g/mol. The van der Waals surface area contributed by atoms with Crippen LogP contribution in [0.5, 0.6) is 0 Å². The molecule has 0 saturated carbocycles. The van der Waals surface area contributed by atoms with Gasteiger partial charge in [0.25, 0.3) is 10.1 Å². The summed E-state index contributed by atoms with van der Waals surface area (Å²) in [7, 11) is -3.73. The second kappa shape index (κ2) is 6.36. The van der Waals surface area contributed by atoms with Crippen LogP contribution in [-0.4, -0.2) is 49.3 Å². The fraction of sp³-hybridized carbons (Fsp3) is 1.00. The molecule has 0 bridgehead atoms. The first-order chi connectivity index (χ1) is 6.95. The number of aliphatic hydroxyl groups excluding tert-OH is 3. The lowest BCUT2D eigenvalue weighted by Crippen LogP contribution is -2.34. The maximum absolute atomic E-state index is 10.8. The largest absolute Gasteiger partial charge is 0.396 e. The highest BCUT2D eigenvalue weighted by Gasteiger charge is 2.28. The van der Waals surface area contributed by atoms with Crippen LogP contribution in [0.25, 0.3) is 0 Å². The van der Waals surface area contributed by atoms with Crippen LogP contribution in [-0.2, 0) is 14.4 Å². The summed E-state index contributed by atoms with van der Waals surface area (Å²) in [5.74, 6) is 4.20. The smallest absolute Gasteiger partial charge is 0.283 e. The van der Waals surface area contributed by atoms with E-state index in [0.717, 1.165) is 0 Å². The van der Waals surface area contributed by atoms with E-state index in [2.05, 4.69) is 10.2 Å². The predicted molar refractivity (Wildman–Crippen MR) is 52.0 cm³/mol. The van der Waals surface area contributed by atoms with Crippen LogP contribution in [0.15, 0.2) is 0 Å². The van der Waals surface area contributed by atoms with Crippen molar-refractivity contribution in [3.8, 4) is 0 Å². The van der Waals surface area contributed by atoms with Gasteiger partial charge in [0.15, 0.2) is 0 Å². The number of aliphatic hydroxyl groups is 3. The Bertz CT molecular complexity index is 252. The minimum absolute atomic E-state index is 0.140. The van der Waals surface area contributed by atoms with Crippen molar-refractivity contribution in [2.45, 2.75) is 12.8 Å². The van der Waals surface area contributed by atoms with Crippen LogP contribution in [0, 0.1) is 5.41 Å². The first kappa shape index (κ1) is 14.8. The molecule has 0 aromatic heterocycles. The lowest BCUT2D eigenvalue weighted by atomic mass is 9.86. The van der Waals surface area contributed by atoms with Gasteiger partial charge in [0.05, 0.1) is 25.6 Å². The van der Waals surface area contributed by atoms with E-state index < -0.39 is 35.4 Å². The number of rotatable bonds is 8. The van der Waals surface area contributed by atoms with E-state index in [9.17, 15) is 8.42 Å². The summed E-state index contributed by atoms with van der Waals surface area (Å²) in [4.78, 5) is 0. The van der Waals surface area contributed by atoms with Crippen LogP contribution in [0.1, 0.15) is 12.8 Å². The van der Waals surface area contributed by atoms with Crippen molar-refractivity contribution >= 4 is 10.1 Å². The molecule has 0 unspecified atom stereocenters. The highest BCUT2D eigenvalue weighted by molar-refractivity contribution is 7.86. The van der Waals surface area contributed by atoms with Gasteiger partial charge in [-0.1, -0.05) is 0 Å². The van der Waals surface area contributed by atoms with Gasteiger partial charge < -0.3 is 15.3 Å². The van der Waals surface area contributed by atoms with Gasteiger partial charge in [-0.25, -0.2) is 0 Å². The number of nitrogens with two attached hydrogens (primary N) is 1. The second-order valence-electron chi connectivity index (χ2n) is 3.44. The van der Waals surface area contributed by atoms with Gasteiger partial charge in [-0.05, 0) is 12.8 Å². The Balaban J connectivity index is 4.13. The lowest BCUT2D eigenvalue weighted by molar-refractivity contribution is -0.000965. The molecule has 0 spiro atoms. The summed E-state index contributed by atoms with van der Waals surface area (Å²) in [5, 5.41) is 26.8. The summed E-state index contributed by atoms with van der Waals surface area (Å²) < 4.78 is 25.4. The topological polar surface area (TPSA) is 130 Å². The molecule has 0 rings (SSSR count). The van der Waals surface area contributed by atoms with Crippen molar-refractivity contribution in [3.05, 3.63) is 0 Å². The van der Waals surface area contributed by atoms with Crippen molar-refractivity contribution in [1.29, 1.82) is 0 Å². The highest BCUT2D eigenvalue weighted by Crippen LogP contribution is 2.22. The lowest BCUT2D eigenvalue weighted by Gasteiger charge is -2.26. The molecule has 0 heterocycles. The van der Waals surface area contributed by atoms with Gasteiger partial charge >= 0.3 is 0 Å². The Morgan fingerprint density at radius 2 is 1.60 bits per heavy atom. The number of hydrogen-bond acceptors (Lipinski definition) is 7. The van der Waals surface area contributed by atoms with Crippen LogP contribution in [0.2, 0.25) is 0 Å². The van der Waals surface area contributed by atoms with Crippen molar-refractivity contribution in [3.63, 3.8) is 0 Å². The van der Waals surface area contributed by atoms with Crippen molar-refractivity contribution in [2.75, 3.05) is 25.6 Å². The maximum atomic E-state index is 10.8. The summed E-state index contributed by atoms with van der Waals surface area (Å²) in [6.45, 7) is -1.24. The predicted octanol–water partition coefficient (Wildman–Crippen LogP) is -2.05. The summed E-state index contributed by atoms with van der Waals surface area (Å²) in [6.07, 6.45) is 0.306. The molecule has 0 aliphatic carbocycles. The molecule has 0 aliphatic heterocycles. The SMILES string of the molecule is NOS(=O)(=O)CCCC(CO)(CO)CO. The zero-order valence-electron chi connectivity index (χ0n) is 8.29. The third kappa shape index (κ3) is 4.87. The summed E-state index contributed by atoms with van der Waals surface area (Å²) >= 11 is 0. The molecule has 0 aliphatic rings. The van der Waals surface area contributed by atoms with Gasteiger partial charge in [-0.3, -0.25) is 0 Å². The Morgan fingerprint density at radius 3 is 1.93 bits per heavy atom. The summed E-state index contributed by atoms with van der Waals surface area (Å²) in [6, 6.07) is 0. The zero-order chi connectivity index (χ0) is 11.9. The number of hydrogen-bond donors (Lipinski definition) is 4. The molecule has 8 heteroatoms. The van der Waals surface area contributed by atoms with Crippen molar-refractivity contribution in [2.24, 2.45) is 11.3 Å². The first-order valence-electron chi connectivity index (χ1n) is 4.39. The Hall–Kier alpha value is -0.250. The standard InChI is InChI=1S/C7H17NO6S/c8-14-15(12,13)3-1-2-7(4-9,5-10)6-11/h9-11H,1-6,8H2. The van der Waals surface area contributed by atoms with Crippen LogP contribution >= 0.6 is 0 Å². The average Bonchev–Trinajstić information content (AvgIpc) is 2.25. The molecule has 0 saturated heterocycles. The van der Waals surface area contributed by atoms with E-state index in [1.54, 1.807) is 0 Å². The van der Waals surface area contributed by atoms with E-state index in [0.29, 0.717) is 0 Å². The van der Waals surface area contributed by atoms with Crippen LogP contribution in [0.4, 0.5) is 0 Å². The van der Waals surface area contributed by atoms with E-state index in [4.69, 9.17) is 15.3 Å². The fourth-order valence-corrected chi connectivity index (χ4v) is 1.65. The van der Waals surface area contributed by atoms with E-state index in [1.165, 1.54) is 0 Å². The molecule has 0 aromatic rings. The minimum atomic E-state index is -3.73. The molecule has 0 fully saturated rings. The molecule has 0 amide bonds. The molecular weight excluding hydrogens is 226 g/mol. The molecule has 0 aromatic carbocycles.